The van der Waals surface area contributed by atoms with Crippen molar-refractivity contribution >= 4 is 28.6 Å². The van der Waals surface area contributed by atoms with Gasteiger partial charge in [0.05, 0.1) is 16.5 Å². The van der Waals surface area contributed by atoms with Gasteiger partial charge in [-0.2, -0.15) is 0 Å². The first-order valence-electron chi connectivity index (χ1n) is 10.1. The molecule has 2 N–H and O–H groups in total. The molecule has 0 bridgehead atoms. The topological polar surface area (TPSA) is 103 Å². The maximum Gasteiger partial charge on any atom is 0.336 e. The molecule has 7 heteroatoms. The predicted octanol–water partition coefficient (Wildman–Crippen LogP) is 4.59. The van der Waals surface area contributed by atoms with Gasteiger partial charge in [0.25, 0.3) is 0 Å². The molecule has 7 nitrogen and oxygen atoms in total. The maximum absolute atomic E-state index is 12.1. The summed E-state index contributed by atoms with van der Waals surface area (Å²) in [4.78, 5) is 29.9. The van der Waals surface area contributed by atoms with E-state index in [1.807, 2.05) is 62.3 Å². The second-order valence-corrected chi connectivity index (χ2v) is 7.58. The van der Waals surface area contributed by atoms with Crippen LogP contribution >= 0.6 is 0 Å². The van der Waals surface area contributed by atoms with Gasteiger partial charge in [0.1, 0.15) is 11.3 Å². The summed E-state index contributed by atoms with van der Waals surface area (Å²) in [6.07, 6.45) is 0. The van der Waals surface area contributed by atoms with E-state index in [1.165, 1.54) is 12.1 Å². The van der Waals surface area contributed by atoms with E-state index in [-0.39, 0.29) is 11.1 Å². The highest BCUT2D eigenvalue weighted by Gasteiger charge is 2.23. The minimum atomic E-state index is -1.20. The van der Waals surface area contributed by atoms with Crippen molar-refractivity contribution < 1.29 is 24.2 Å². The Morgan fingerprint density at radius 3 is 2.34 bits per heavy atom. The lowest BCUT2D eigenvalue weighted by Crippen LogP contribution is -2.09. The van der Waals surface area contributed by atoms with Crippen molar-refractivity contribution in [3.8, 4) is 22.5 Å². The summed E-state index contributed by atoms with van der Waals surface area (Å²) >= 11 is 0. The minimum absolute atomic E-state index is 0.0840. The third-order valence-electron chi connectivity index (χ3n) is 5.31. The molecular weight excluding hydrogens is 408 g/mol. The highest BCUT2D eigenvalue weighted by molar-refractivity contribution is 6.08. The van der Waals surface area contributed by atoms with Gasteiger partial charge in [-0.15, -0.1) is 0 Å². The van der Waals surface area contributed by atoms with Crippen LogP contribution in [0.2, 0.25) is 0 Å². The molecule has 4 rings (SSSR count). The number of carboxylic acid groups (broad SMARTS) is 2. The van der Waals surface area contributed by atoms with Gasteiger partial charge >= 0.3 is 11.9 Å². The normalized spacial score (nSPS) is 11.8. The van der Waals surface area contributed by atoms with Crippen molar-refractivity contribution in [2.75, 3.05) is 25.5 Å². The van der Waals surface area contributed by atoms with Crippen LogP contribution in [0, 0.1) is 0 Å². The molecular formula is C25H22N2O5. The van der Waals surface area contributed by atoms with E-state index in [4.69, 9.17) is 4.42 Å². The van der Waals surface area contributed by atoms with Crippen molar-refractivity contribution in [2.24, 2.45) is 4.99 Å². The van der Waals surface area contributed by atoms with E-state index in [1.54, 1.807) is 6.07 Å². The third kappa shape index (κ3) is 3.69. The first-order chi connectivity index (χ1) is 15.3. The van der Waals surface area contributed by atoms with Gasteiger partial charge in [-0.05, 0) is 48.9 Å². The highest BCUT2D eigenvalue weighted by Crippen LogP contribution is 2.42. The Balaban J connectivity index is 2.14. The van der Waals surface area contributed by atoms with Crippen LogP contribution in [0.25, 0.3) is 33.4 Å². The summed E-state index contributed by atoms with van der Waals surface area (Å²) in [5.41, 5.74) is 3.16. The van der Waals surface area contributed by atoms with Crippen molar-refractivity contribution in [1.82, 2.24) is 0 Å². The molecule has 2 aliphatic rings. The van der Waals surface area contributed by atoms with Gasteiger partial charge in [0, 0.05) is 55.0 Å². The number of hydrogen-bond donors (Lipinski definition) is 2. The molecule has 0 fully saturated rings. The number of rotatable bonds is 5. The fourth-order valence-corrected chi connectivity index (χ4v) is 3.79. The highest BCUT2D eigenvalue weighted by atomic mass is 16.4. The monoisotopic (exact) mass is 430 g/mol. The van der Waals surface area contributed by atoms with Crippen LogP contribution in [-0.4, -0.2) is 42.8 Å². The number of hydrogen-bond acceptors (Lipinski definition) is 5. The largest absolute Gasteiger partial charge is 0.478 e. The van der Waals surface area contributed by atoms with E-state index < -0.39 is 11.9 Å². The molecule has 0 saturated carbocycles. The van der Waals surface area contributed by atoms with E-state index in [0.717, 1.165) is 22.0 Å². The molecule has 162 valence electrons. The summed E-state index contributed by atoms with van der Waals surface area (Å²) in [6.45, 7) is 2.57. The molecule has 1 aliphatic heterocycles. The van der Waals surface area contributed by atoms with Crippen LogP contribution in [0.1, 0.15) is 27.6 Å². The molecule has 0 amide bonds. The second-order valence-electron chi connectivity index (χ2n) is 7.58. The Hall–Kier alpha value is -4.13. The SMILES string of the molecule is CCN=c1ccc2c(-c3ccc(C(=O)O)cc3C(=O)O)c3ccc(N(C)C)cc3oc-2c1. The Bertz CT molecular complexity index is 1400. The van der Waals surface area contributed by atoms with Crippen LogP contribution in [0.4, 0.5) is 5.69 Å². The number of carbonyl (C=O) groups is 2. The van der Waals surface area contributed by atoms with Gasteiger partial charge in [0.15, 0.2) is 0 Å². The zero-order valence-corrected chi connectivity index (χ0v) is 17.9. The summed E-state index contributed by atoms with van der Waals surface area (Å²) in [6, 6.07) is 15.4. The van der Waals surface area contributed by atoms with E-state index in [9.17, 15) is 19.8 Å². The molecule has 0 unspecified atom stereocenters. The molecule has 32 heavy (non-hydrogen) atoms. The Morgan fingerprint density at radius 2 is 1.69 bits per heavy atom. The predicted molar refractivity (Wildman–Crippen MR) is 123 cm³/mol. The fourth-order valence-electron chi connectivity index (χ4n) is 3.79. The zero-order valence-electron chi connectivity index (χ0n) is 17.9. The standard InChI is InChI=1S/C25H22N2O5/c1-4-26-15-6-9-18-21(12-15)32-22-13-16(27(2)3)7-10-19(22)23(18)17-8-5-14(24(28)29)11-20(17)25(30)31/h5-13H,4H2,1-3H3,(H,28,29)(H,30,31). The van der Waals surface area contributed by atoms with Crippen molar-refractivity contribution in [2.45, 2.75) is 6.92 Å². The summed E-state index contributed by atoms with van der Waals surface area (Å²) < 4.78 is 6.22. The lowest BCUT2D eigenvalue weighted by Gasteiger charge is -2.19. The maximum atomic E-state index is 12.1. The molecule has 2 aromatic rings. The summed E-state index contributed by atoms with van der Waals surface area (Å²) in [5.74, 6) is -1.82. The smallest absolute Gasteiger partial charge is 0.336 e. The summed E-state index contributed by atoms with van der Waals surface area (Å²) in [7, 11) is 3.85. The lowest BCUT2D eigenvalue weighted by molar-refractivity contribution is 0.0696. The fraction of sp³-hybridized carbons (Fsp3) is 0.160. The molecule has 0 spiro atoms. The quantitative estimate of drug-likeness (QED) is 0.449. The van der Waals surface area contributed by atoms with E-state index in [2.05, 4.69) is 4.99 Å². The van der Waals surface area contributed by atoms with Gasteiger partial charge in [-0.25, -0.2) is 9.59 Å². The Morgan fingerprint density at radius 1 is 0.938 bits per heavy atom. The minimum Gasteiger partial charge on any atom is -0.478 e. The zero-order chi connectivity index (χ0) is 23.0. The van der Waals surface area contributed by atoms with Gasteiger partial charge in [-0.1, -0.05) is 6.07 Å². The third-order valence-corrected chi connectivity index (χ3v) is 5.31. The van der Waals surface area contributed by atoms with Crippen LogP contribution in [0.5, 0.6) is 0 Å². The Kier molecular flexibility index (Phi) is 5.40. The molecule has 0 atom stereocenters. The number of carboxylic acids is 2. The van der Waals surface area contributed by atoms with Gasteiger partial charge in [-0.3, -0.25) is 4.99 Å². The molecule has 0 saturated heterocycles. The Labute approximate surface area is 184 Å². The molecule has 0 aromatic heterocycles. The van der Waals surface area contributed by atoms with Crippen molar-refractivity contribution in [3.63, 3.8) is 0 Å². The lowest BCUT2D eigenvalue weighted by atomic mass is 9.90. The van der Waals surface area contributed by atoms with E-state index >= 15 is 0 Å². The van der Waals surface area contributed by atoms with Crippen LogP contribution < -0.4 is 10.3 Å². The molecule has 1 aliphatic carbocycles. The average Bonchev–Trinajstić information content (AvgIpc) is 2.76. The van der Waals surface area contributed by atoms with Crippen LogP contribution in [-0.2, 0) is 0 Å². The van der Waals surface area contributed by atoms with E-state index in [0.29, 0.717) is 29.0 Å². The number of anilines is 1. The average molecular weight is 430 g/mol. The van der Waals surface area contributed by atoms with Crippen molar-refractivity contribution in [3.05, 3.63) is 71.1 Å². The molecule has 0 radical (unpaired) electrons. The second kappa shape index (κ2) is 8.19. The number of aromatic carboxylic acids is 2. The van der Waals surface area contributed by atoms with Gasteiger partial charge < -0.3 is 19.5 Å². The van der Waals surface area contributed by atoms with Crippen LogP contribution in [0.3, 0.4) is 0 Å². The number of benzene rings is 3. The molecule has 2 aromatic carbocycles. The van der Waals surface area contributed by atoms with Crippen LogP contribution in [0.15, 0.2) is 64.0 Å². The van der Waals surface area contributed by atoms with Gasteiger partial charge in [0.2, 0.25) is 0 Å². The first-order valence-corrected chi connectivity index (χ1v) is 10.1. The number of fused-ring (bicyclic) bond motifs is 2. The number of nitrogens with zero attached hydrogens (tertiary/aromatic N) is 2. The summed E-state index contributed by atoms with van der Waals surface area (Å²) in [5, 5.41) is 20.7. The van der Waals surface area contributed by atoms with Crippen molar-refractivity contribution in [1.29, 1.82) is 0 Å². The first kappa shape index (κ1) is 21.1. The molecule has 1 heterocycles.